The molecule has 0 spiro atoms. The molecule has 0 amide bonds. The molecule has 10 nitrogen and oxygen atoms in total. The summed E-state index contributed by atoms with van der Waals surface area (Å²) in [5, 5.41) is 30.4. The molecular weight excluding hydrogens is 472 g/mol. The first kappa shape index (κ1) is 27.6. The van der Waals surface area contributed by atoms with Crippen LogP contribution in [0.1, 0.15) is 84.5 Å². The second-order valence-corrected chi connectivity index (χ2v) is 12.1. The van der Waals surface area contributed by atoms with E-state index in [2.05, 4.69) is 24.5 Å². The Morgan fingerprint density at radius 1 is 0.757 bits per heavy atom. The van der Waals surface area contributed by atoms with Gasteiger partial charge in [0.15, 0.2) is 0 Å². The minimum Gasteiger partial charge on any atom is -0.376 e. The van der Waals surface area contributed by atoms with E-state index in [-0.39, 0.29) is 29.5 Å². The quantitative estimate of drug-likeness (QED) is 0.258. The number of rotatable bonds is 8. The van der Waals surface area contributed by atoms with Crippen molar-refractivity contribution in [1.29, 1.82) is 0 Å². The molecule has 0 heterocycles. The molecule has 3 aliphatic carbocycles. The molecule has 0 saturated heterocycles. The Kier molecular flexibility index (Phi) is 8.90. The van der Waals surface area contributed by atoms with Crippen molar-refractivity contribution in [2.45, 2.75) is 109 Å². The molecule has 37 heavy (non-hydrogen) atoms. The summed E-state index contributed by atoms with van der Waals surface area (Å²) in [7, 11) is 0. The van der Waals surface area contributed by atoms with Gasteiger partial charge in [0, 0.05) is 24.2 Å². The molecule has 0 aliphatic heterocycles. The molecule has 206 valence electrons. The molecule has 3 fully saturated rings. The van der Waals surface area contributed by atoms with Crippen molar-refractivity contribution in [1.82, 2.24) is 0 Å². The lowest BCUT2D eigenvalue weighted by Crippen LogP contribution is -2.42. The van der Waals surface area contributed by atoms with Crippen LogP contribution >= 0.6 is 0 Å². The summed E-state index contributed by atoms with van der Waals surface area (Å²) in [5.74, 6) is 2.34. The van der Waals surface area contributed by atoms with Gasteiger partial charge in [0.2, 0.25) is 0 Å². The maximum atomic E-state index is 11.9. The summed E-state index contributed by atoms with van der Waals surface area (Å²) in [6.07, 6.45) is 11.6. The van der Waals surface area contributed by atoms with Gasteiger partial charge in [-0.25, -0.2) is 0 Å². The van der Waals surface area contributed by atoms with E-state index in [0.29, 0.717) is 35.2 Å². The second-order valence-electron chi connectivity index (χ2n) is 12.1. The van der Waals surface area contributed by atoms with Gasteiger partial charge in [-0.15, -0.1) is 0 Å². The second kappa shape index (κ2) is 11.9. The van der Waals surface area contributed by atoms with Gasteiger partial charge in [0.25, 0.3) is 11.4 Å². The zero-order valence-corrected chi connectivity index (χ0v) is 22.2. The highest BCUT2D eigenvalue weighted by atomic mass is 16.6. The first-order valence-corrected chi connectivity index (χ1v) is 14.1. The molecule has 8 unspecified atom stereocenters. The van der Waals surface area contributed by atoms with E-state index < -0.39 is 9.85 Å². The van der Waals surface area contributed by atoms with Gasteiger partial charge >= 0.3 is 0 Å². The third-order valence-corrected chi connectivity index (χ3v) is 9.30. The SMILES string of the molecule is CC1CC(CC2CCC(Nc3cc(NC4CCCCC4N)c([N+](=O)[O-])cc3[N+](=O)[O-])C(C)C2)CCC1N. The summed E-state index contributed by atoms with van der Waals surface area (Å²) in [6.45, 7) is 4.48. The third-order valence-electron chi connectivity index (χ3n) is 9.30. The maximum absolute atomic E-state index is 11.9. The van der Waals surface area contributed by atoms with E-state index in [1.165, 1.54) is 19.3 Å². The molecule has 3 aliphatic rings. The molecule has 0 radical (unpaired) electrons. The van der Waals surface area contributed by atoms with Crippen LogP contribution < -0.4 is 22.1 Å². The molecule has 1 aromatic rings. The van der Waals surface area contributed by atoms with Crippen molar-refractivity contribution in [3.8, 4) is 0 Å². The van der Waals surface area contributed by atoms with E-state index in [1.807, 2.05) is 0 Å². The molecule has 0 bridgehead atoms. The predicted octanol–water partition coefficient (Wildman–Crippen LogP) is 5.56. The number of nitrogens with one attached hydrogen (secondary N) is 2. The highest BCUT2D eigenvalue weighted by Gasteiger charge is 2.34. The highest BCUT2D eigenvalue weighted by Crippen LogP contribution is 2.42. The normalized spacial score (nSPS) is 34.5. The van der Waals surface area contributed by atoms with Crippen LogP contribution in [0.5, 0.6) is 0 Å². The Morgan fingerprint density at radius 2 is 1.32 bits per heavy atom. The number of nitro benzene ring substituents is 2. The zero-order valence-electron chi connectivity index (χ0n) is 22.2. The van der Waals surface area contributed by atoms with Gasteiger partial charge in [0.05, 0.1) is 15.9 Å². The summed E-state index contributed by atoms with van der Waals surface area (Å²) < 4.78 is 0. The summed E-state index contributed by atoms with van der Waals surface area (Å²) in [6, 6.07) is 2.87. The van der Waals surface area contributed by atoms with E-state index in [4.69, 9.17) is 11.5 Å². The van der Waals surface area contributed by atoms with Gasteiger partial charge < -0.3 is 22.1 Å². The van der Waals surface area contributed by atoms with E-state index in [9.17, 15) is 20.2 Å². The van der Waals surface area contributed by atoms with Crippen LogP contribution in [-0.2, 0) is 0 Å². The van der Waals surface area contributed by atoms with Gasteiger partial charge in [-0.2, -0.15) is 0 Å². The Morgan fingerprint density at radius 3 is 1.89 bits per heavy atom. The first-order valence-electron chi connectivity index (χ1n) is 14.1. The maximum Gasteiger partial charge on any atom is 0.299 e. The molecule has 10 heteroatoms. The summed E-state index contributed by atoms with van der Waals surface area (Å²) in [4.78, 5) is 22.6. The molecular formula is C27H44N6O4. The lowest BCUT2D eigenvalue weighted by atomic mass is 9.71. The molecule has 3 saturated carbocycles. The van der Waals surface area contributed by atoms with Crippen LogP contribution in [0.25, 0.3) is 0 Å². The van der Waals surface area contributed by atoms with E-state index in [0.717, 1.165) is 63.4 Å². The molecule has 1 aromatic carbocycles. The summed E-state index contributed by atoms with van der Waals surface area (Å²) in [5.41, 5.74) is 12.6. The van der Waals surface area contributed by atoms with Crippen molar-refractivity contribution in [2.24, 2.45) is 35.1 Å². The highest BCUT2D eigenvalue weighted by molar-refractivity contribution is 5.77. The van der Waals surface area contributed by atoms with Gasteiger partial charge in [-0.3, -0.25) is 20.2 Å². The first-order chi connectivity index (χ1) is 17.6. The van der Waals surface area contributed by atoms with Crippen LogP contribution in [0.3, 0.4) is 0 Å². The fourth-order valence-corrected chi connectivity index (χ4v) is 7.00. The Hall–Kier alpha value is -2.46. The number of nitrogens with zero attached hydrogens (tertiary/aromatic N) is 2. The number of benzene rings is 1. The average Bonchev–Trinajstić information content (AvgIpc) is 2.84. The molecule has 6 N–H and O–H groups in total. The van der Waals surface area contributed by atoms with Crippen molar-refractivity contribution in [2.75, 3.05) is 10.6 Å². The number of hydrogen-bond donors (Lipinski definition) is 4. The Labute approximate surface area is 219 Å². The predicted molar refractivity (Wildman–Crippen MR) is 147 cm³/mol. The monoisotopic (exact) mass is 516 g/mol. The topological polar surface area (TPSA) is 162 Å². The van der Waals surface area contributed by atoms with Gasteiger partial charge in [0.1, 0.15) is 11.4 Å². The lowest BCUT2D eigenvalue weighted by molar-refractivity contribution is -0.393. The van der Waals surface area contributed by atoms with Gasteiger partial charge in [-0.05, 0) is 87.5 Å². The van der Waals surface area contributed by atoms with Crippen LogP contribution in [0.4, 0.5) is 22.7 Å². The number of nitrogens with two attached hydrogens (primary N) is 2. The molecule has 8 atom stereocenters. The zero-order chi connectivity index (χ0) is 26.7. The number of anilines is 2. The van der Waals surface area contributed by atoms with Crippen LogP contribution in [-0.4, -0.2) is 34.0 Å². The minimum atomic E-state index is -0.555. The molecule has 0 aromatic heterocycles. The fraction of sp³-hybridized carbons (Fsp3) is 0.778. The van der Waals surface area contributed by atoms with Crippen LogP contribution in [0, 0.1) is 43.9 Å². The van der Waals surface area contributed by atoms with E-state index >= 15 is 0 Å². The average molecular weight is 517 g/mol. The largest absolute Gasteiger partial charge is 0.376 e. The van der Waals surface area contributed by atoms with Crippen molar-refractivity contribution in [3.05, 3.63) is 32.4 Å². The van der Waals surface area contributed by atoms with Crippen molar-refractivity contribution >= 4 is 22.7 Å². The van der Waals surface area contributed by atoms with Crippen molar-refractivity contribution in [3.63, 3.8) is 0 Å². The van der Waals surface area contributed by atoms with Gasteiger partial charge in [-0.1, -0.05) is 26.7 Å². The van der Waals surface area contributed by atoms with E-state index in [1.54, 1.807) is 6.07 Å². The minimum absolute atomic E-state index is 0.0832. The van der Waals surface area contributed by atoms with Crippen molar-refractivity contribution < 1.29 is 9.85 Å². The van der Waals surface area contributed by atoms with Crippen LogP contribution in [0.2, 0.25) is 0 Å². The summed E-state index contributed by atoms with van der Waals surface area (Å²) >= 11 is 0. The van der Waals surface area contributed by atoms with Crippen LogP contribution in [0.15, 0.2) is 12.1 Å². The smallest absolute Gasteiger partial charge is 0.299 e. The molecule has 4 rings (SSSR count). The fourth-order valence-electron chi connectivity index (χ4n) is 7.00. The standard InChI is InChI=1S/C27H44N6O4/c1-16-11-18(7-9-20(16)28)13-19-8-10-22(17(2)12-19)30-24-14-25(31-23-6-4-3-5-21(23)29)27(33(36)37)15-26(24)32(34)35/h14-23,30-31H,3-13,28-29H2,1-2H3. The Balaban J connectivity index is 1.46. The Bertz CT molecular complexity index is 974. The number of nitro groups is 2. The number of hydrogen-bond acceptors (Lipinski definition) is 8. The third kappa shape index (κ3) is 6.71. The lowest BCUT2D eigenvalue weighted by Gasteiger charge is -2.39.